The van der Waals surface area contributed by atoms with Gasteiger partial charge in [-0.05, 0) is 63.1 Å². The fourth-order valence-corrected chi connectivity index (χ4v) is 2.24. The molecule has 0 aromatic heterocycles. The molecular formula is C20H23NO3. The lowest BCUT2D eigenvalue weighted by Gasteiger charge is -2.20. The first kappa shape index (κ1) is 17.7. The maximum absolute atomic E-state index is 12.1. The van der Waals surface area contributed by atoms with Crippen LogP contribution in [0.1, 0.15) is 48.4 Å². The summed E-state index contributed by atoms with van der Waals surface area (Å²) in [7, 11) is 0. The molecule has 0 aliphatic heterocycles. The van der Waals surface area contributed by atoms with Gasteiger partial charge < -0.3 is 10.1 Å². The van der Waals surface area contributed by atoms with Crippen molar-refractivity contribution < 1.29 is 14.3 Å². The summed E-state index contributed by atoms with van der Waals surface area (Å²) in [6, 6.07) is 14.6. The number of ether oxygens (including phenoxy) is 1. The second kappa shape index (κ2) is 7.30. The van der Waals surface area contributed by atoms with Crippen molar-refractivity contribution in [1.82, 2.24) is 5.32 Å². The Hall–Kier alpha value is -2.62. The van der Waals surface area contributed by atoms with Gasteiger partial charge in [0.05, 0.1) is 12.2 Å². The van der Waals surface area contributed by atoms with Gasteiger partial charge in [-0.15, -0.1) is 0 Å². The highest BCUT2D eigenvalue weighted by molar-refractivity contribution is 5.95. The first-order valence-electron chi connectivity index (χ1n) is 8.00. The number of hydrogen-bond donors (Lipinski definition) is 1. The minimum Gasteiger partial charge on any atom is -0.462 e. The third-order valence-corrected chi connectivity index (χ3v) is 3.36. The standard InChI is InChI=1S/C20H23NO3/c1-5-24-19(23)17-12-8-15(9-13-17)14-6-10-16(11-7-14)18(22)21-20(2,3)4/h6-13H,5H2,1-4H3,(H,21,22). The molecule has 4 heteroatoms. The van der Waals surface area contributed by atoms with Crippen molar-refractivity contribution in [2.24, 2.45) is 0 Å². The van der Waals surface area contributed by atoms with E-state index in [1.807, 2.05) is 45.0 Å². The molecule has 0 unspecified atom stereocenters. The molecule has 1 amide bonds. The topological polar surface area (TPSA) is 55.4 Å². The molecule has 0 bridgehead atoms. The van der Waals surface area contributed by atoms with Gasteiger partial charge in [-0.3, -0.25) is 4.79 Å². The van der Waals surface area contributed by atoms with Gasteiger partial charge in [0.1, 0.15) is 0 Å². The van der Waals surface area contributed by atoms with Crippen LogP contribution in [0.3, 0.4) is 0 Å². The molecule has 0 radical (unpaired) electrons. The quantitative estimate of drug-likeness (QED) is 0.863. The molecule has 0 atom stereocenters. The van der Waals surface area contributed by atoms with Gasteiger partial charge in [0, 0.05) is 11.1 Å². The Labute approximate surface area is 142 Å². The number of hydrogen-bond acceptors (Lipinski definition) is 3. The maximum atomic E-state index is 12.1. The Bertz CT molecular complexity index is 710. The zero-order valence-electron chi connectivity index (χ0n) is 14.6. The van der Waals surface area contributed by atoms with E-state index in [9.17, 15) is 9.59 Å². The molecule has 0 spiro atoms. The molecule has 0 aliphatic carbocycles. The summed E-state index contributed by atoms with van der Waals surface area (Å²) in [5.41, 5.74) is 2.85. The third kappa shape index (κ3) is 4.69. The van der Waals surface area contributed by atoms with Crippen molar-refractivity contribution in [1.29, 1.82) is 0 Å². The van der Waals surface area contributed by atoms with Crippen LogP contribution in [0.2, 0.25) is 0 Å². The Morgan fingerprint density at radius 3 is 1.75 bits per heavy atom. The molecular weight excluding hydrogens is 302 g/mol. The summed E-state index contributed by atoms with van der Waals surface area (Å²) in [5, 5.41) is 2.94. The molecule has 0 heterocycles. The first-order valence-corrected chi connectivity index (χ1v) is 8.00. The fraction of sp³-hybridized carbons (Fsp3) is 0.300. The van der Waals surface area contributed by atoms with Gasteiger partial charge in [0.25, 0.3) is 5.91 Å². The van der Waals surface area contributed by atoms with Crippen molar-refractivity contribution in [3.8, 4) is 11.1 Å². The number of carbonyl (C=O) groups is 2. The van der Waals surface area contributed by atoms with E-state index >= 15 is 0 Å². The van der Waals surface area contributed by atoms with Crippen molar-refractivity contribution in [3.05, 3.63) is 59.7 Å². The Balaban J connectivity index is 2.13. The van der Waals surface area contributed by atoms with E-state index in [2.05, 4.69) is 5.32 Å². The fourth-order valence-electron chi connectivity index (χ4n) is 2.24. The van der Waals surface area contributed by atoms with E-state index in [0.717, 1.165) is 11.1 Å². The van der Waals surface area contributed by atoms with E-state index in [4.69, 9.17) is 4.74 Å². The van der Waals surface area contributed by atoms with Crippen molar-refractivity contribution in [2.75, 3.05) is 6.61 Å². The molecule has 0 saturated carbocycles. The smallest absolute Gasteiger partial charge is 0.338 e. The van der Waals surface area contributed by atoms with Crippen LogP contribution in [0.4, 0.5) is 0 Å². The van der Waals surface area contributed by atoms with Crippen LogP contribution in [-0.4, -0.2) is 24.0 Å². The molecule has 0 aliphatic rings. The number of benzene rings is 2. The predicted molar refractivity (Wildman–Crippen MR) is 95.1 cm³/mol. The van der Waals surface area contributed by atoms with E-state index in [-0.39, 0.29) is 17.4 Å². The zero-order valence-corrected chi connectivity index (χ0v) is 14.6. The highest BCUT2D eigenvalue weighted by Gasteiger charge is 2.15. The van der Waals surface area contributed by atoms with Gasteiger partial charge in [-0.25, -0.2) is 4.79 Å². The second-order valence-electron chi connectivity index (χ2n) is 6.58. The zero-order chi connectivity index (χ0) is 17.7. The largest absolute Gasteiger partial charge is 0.462 e. The summed E-state index contributed by atoms with van der Waals surface area (Å²) in [4.78, 5) is 23.8. The van der Waals surface area contributed by atoms with Crippen LogP contribution in [0.25, 0.3) is 11.1 Å². The second-order valence-corrected chi connectivity index (χ2v) is 6.58. The molecule has 24 heavy (non-hydrogen) atoms. The average molecular weight is 325 g/mol. The van der Waals surface area contributed by atoms with Gasteiger partial charge >= 0.3 is 5.97 Å². The van der Waals surface area contributed by atoms with Crippen molar-refractivity contribution in [3.63, 3.8) is 0 Å². The summed E-state index contributed by atoms with van der Waals surface area (Å²) >= 11 is 0. The molecule has 2 aromatic rings. The van der Waals surface area contributed by atoms with Gasteiger partial charge in [-0.2, -0.15) is 0 Å². The number of rotatable bonds is 4. The molecule has 126 valence electrons. The van der Waals surface area contributed by atoms with E-state index in [0.29, 0.717) is 17.7 Å². The van der Waals surface area contributed by atoms with E-state index in [1.54, 1.807) is 31.2 Å². The Kier molecular flexibility index (Phi) is 5.39. The summed E-state index contributed by atoms with van der Waals surface area (Å²) in [6.45, 7) is 7.99. The van der Waals surface area contributed by atoms with Gasteiger partial charge in [0.15, 0.2) is 0 Å². The highest BCUT2D eigenvalue weighted by atomic mass is 16.5. The minimum atomic E-state index is -0.321. The van der Waals surface area contributed by atoms with Crippen molar-refractivity contribution >= 4 is 11.9 Å². The predicted octanol–water partition coefficient (Wildman–Crippen LogP) is 4.06. The summed E-state index contributed by atoms with van der Waals surface area (Å²) in [5.74, 6) is -0.412. The third-order valence-electron chi connectivity index (χ3n) is 3.36. The van der Waals surface area contributed by atoms with Crippen LogP contribution >= 0.6 is 0 Å². The summed E-state index contributed by atoms with van der Waals surface area (Å²) in [6.07, 6.45) is 0. The monoisotopic (exact) mass is 325 g/mol. The molecule has 4 nitrogen and oxygen atoms in total. The molecule has 2 rings (SSSR count). The van der Waals surface area contributed by atoms with Crippen LogP contribution in [-0.2, 0) is 4.74 Å². The minimum absolute atomic E-state index is 0.0910. The highest BCUT2D eigenvalue weighted by Crippen LogP contribution is 2.21. The van der Waals surface area contributed by atoms with Crippen LogP contribution < -0.4 is 5.32 Å². The lowest BCUT2D eigenvalue weighted by molar-refractivity contribution is 0.0526. The number of nitrogens with one attached hydrogen (secondary N) is 1. The van der Waals surface area contributed by atoms with Gasteiger partial charge in [-0.1, -0.05) is 24.3 Å². The lowest BCUT2D eigenvalue weighted by Crippen LogP contribution is -2.40. The van der Waals surface area contributed by atoms with Gasteiger partial charge in [0.2, 0.25) is 0 Å². The molecule has 1 N–H and O–H groups in total. The maximum Gasteiger partial charge on any atom is 0.338 e. The molecule has 2 aromatic carbocycles. The van der Waals surface area contributed by atoms with E-state index < -0.39 is 0 Å². The molecule has 0 fully saturated rings. The SMILES string of the molecule is CCOC(=O)c1ccc(-c2ccc(C(=O)NC(C)(C)C)cc2)cc1. The first-order chi connectivity index (χ1) is 11.3. The Morgan fingerprint density at radius 1 is 0.875 bits per heavy atom. The summed E-state index contributed by atoms with van der Waals surface area (Å²) < 4.78 is 4.97. The number of carbonyl (C=O) groups excluding carboxylic acids is 2. The van der Waals surface area contributed by atoms with E-state index in [1.165, 1.54) is 0 Å². The lowest BCUT2D eigenvalue weighted by atomic mass is 10.0. The number of esters is 1. The normalized spacial score (nSPS) is 11.0. The number of amides is 1. The van der Waals surface area contributed by atoms with Crippen LogP contribution in [0.5, 0.6) is 0 Å². The van der Waals surface area contributed by atoms with Crippen LogP contribution in [0, 0.1) is 0 Å². The molecule has 0 saturated heterocycles. The van der Waals surface area contributed by atoms with Crippen molar-refractivity contribution in [2.45, 2.75) is 33.2 Å². The average Bonchev–Trinajstić information content (AvgIpc) is 2.54. The Morgan fingerprint density at radius 2 is 1.33 bits per heavy atom. The van der Waals surface area contributed by atoms with Crippen LogP contribution in [0.15, 0.2) is 48.5 Å².